The second kappa shape index (κ2) is 5.72. The van der Waals surface area contributed by atoms with Gasteiger partial charge in [-0.2, -0.15) is 5.26 Å². The van der Waals surface area contributed by atoms with Crippen molar-refractivity contribution in [2.24, 2.45) is 5.73 Å². The van der Waals surface area contributed by atoms with Gasteiger partial charge in [0, 0.05) is 18.8 Å². The minimum absolute atomic E-state index is 0.262. The Balaban J connectivity index is 2.47. The summed E-state index contributed by atoms with van der Waals surface area (Å²) in [7, 11) is 1.78. The van der Waals surface area contributed by atoms with Crippen molar-refractivity contribution >= 4 is 11.4 Å². The molecule has 0 bridgehead atoms. The van der Waals surface area contributed by atoms with Crippen LogP contribution in [0.25, 0.3) is 0 Å². The lowest BCUT2D eigenvalue weighted by Crippen LogP contribution is -2.17. The van der Waals surface area contributed by atoms with Crippen molar-refractivity contribution in [3.05, 3.63) is 59.4 Å². The third-order valence-corrected chi connectivity index (χ3v) is 3.23. The molecule has 1 unspecified atom stereocenters. The van der Waals surface area contributed by atoms with Crippen molar-refractivity contribution in [3.8, 4) is 6.07 Å². The number of hydrogen-bond donors (Lipinski definition) is 1. The Labute approximate surface area is 118 Å². The molecule has 0 heterocycles. The minimum atomic E-state index is -0.313. The number of halogens is 1. The van der Waals surface area contributed by atoms with Crippen molar-refractivity contribution in [2.45, 2.75) is 13.0 Å². The average molecular weight is 269 g/mol. The van der Waals surface area contributed by atoms with Gasteiger partial charge in [-0.3, -0.25) is 0 Å². The maximum atomic E-state index is 14.1. The number of benzene rings is 2. The highest BCUT2D eigenvalue weighted by Crippen LogP contribution is 2.32. The molecule has 2 N–H and O–H groups in total. The summed E-state index contributed by atoms with van der Waals surface area (Å²) in [6, 6.07) is 13.7. The van der Waals surface area contributed by atoms with Gasteiger partial charge in [0.2, 0.25) is 0 Å². The molecule has 0 spiro atoms. The number of nitrogens with zero attached hydrogens (tertiary/aromatic N) is 2. The molecule has 0 aliphatic heterocycles. The summed E-state index contributed by atoms with van der Waals surface area (Å²) in [5, 5.41) is 8.81. The van der Waals surface area contributed by atoms with E-state index in [9.17, 15) is 4.39 Å². The molecule has 102 valence electrons. The number of hydrogen-bond acceptors (Lipinski definition) is 3. The zero-order valence-electron chi connectivity index (χ0n) is 11.5. The van der Waals surface area contributed by atoms with Gasteiger partial charge in [-0.05, 0) is 42.8 Å². The Morgan fingerprint density at radius 3 is 2.40 bits per heavy atom. The Hall–Kier alpha value is -2.38. The molecular formula is C16H16FN3. The summed E-state index contributed by atoms with van der Waals surface area (Å²) in [5.41, 5.74) is 8.49. The van der Waals surface area contributed by atoms with E-state index >= 15 is 0 Å². The predicted octanol–water partition coefficient (Wildman–Crippen LogP) is 3.48. The smallest absolute Gasteiger partial charge is 0.147 e. The lowest BCUT2D eigenvalue weighted by molar-refractivity contribution is 0.622. The van der Waals surface area contributed by atoms with Crippen LogP contribution in [-0.2, 0) is 0 Å². The summed E-state index contributed by atoms with van der Waals surface area (Å²) in [6.07, 6.45) is 0. The molecule has 0 saturated heterocycles. The van der Waals surface area contributed by atoms with Crippen LogP contribution in [0.1, 0.15) is 24.1 Å². The Bertz CT molecular complexity index is 642. The van der Waals surface area contributed by atoms with Crippen molar-refractivity contribution < 1.29 is 4.39 Å². The first-order valence-electron chi connectivity index (χ1n) is 6.32. The number of nitriles is 1. The van der Waals surface area contributed by atoms with Crippen molar-refractivity contribution in [2.75, 3.05) is 11.9 Å². The molecule has 3 nitrogen and oxygen atoms in total. The molecule has 0 aliphatic rings. The molecule has 2 aromatic rings. The van der Waals surface area contributed by atoms with Gasteiger partial charge >= 0.3 is 0 Å². The van der Waals surface area contributed by atoms with Crippen LogP contribution in [-0.4, -0.2) is 7.05 Å². The van der Waals surface area contributed by atoms with Crippen LogP contribution < -0.4 is 10.6 Å². The maximum absolute atomic E-state index is 14.1. The number of anilines is 2. The zero-order valence-corrected chi connectivity index (χ0v) is 11.5. The molecule has 0 amide bonds. The molecule has 0 aromatic heterocycles. The van der Waals surface area contributed by atoms with Crippen LogP contribution in [0.5, 0.6) is 0 Å². The van der Waals surface area contributed by atoms with Crippen molar-refractivity contribution in [3.63, 3.8) is 0 Å². The number of para-hydroxylation sites is 1. The van der Waals surface area contributed by atoms with Crippen LogP contribution in [0.15, 0.2) is 42.5 Å². The Morgan fingerprint density at radius 2 is 1.85 bits per heavy atom. The molecule has 0 saturated carbocycles. The Kier molecular flexibility index (Phi) is 4.02. The molecular weight excluding hydrogens is 253 g/mol. The standard InChI is InChI=1S/C16H16FN3/c1-11(19)14-4-3-5-15(17)16(14)20(2)13-8-6-12(10-18)7-9-13/h3-9,11H,19H2,1-2H3. The predicted molar refractivity (Wildman–Crippen MR) is 78.2 cm³/mol. The van der Waals surface area contributed by atoms with Gasteiger partial charge in [0.05, 0.1) is 17.3 Å². The van der Waals surface area contributed by atoms with Gasteiger partial charge in [0.1, 0.15) is 5.82 Å². The second-order valence-electron chi connectivity index (χ2n) is 4.68. The van der Waals surface area contributed by atoms with Gasteiger partial charge in [0.25, 0.3) is 0 Å². The molecule has 20 heavy (non-hydrogen) atoms. The lowest BCUT2D eigenvalue weighted by Gasteiger charge is -2.24. The van der Waals surface area contributed by atoms with Crippen LogP contribution in [0.4, 0.5) is 15.8 Å². The summed E-state index contributed by atoms with van der Waals surface area (Å²) >= 11 is 0. The van der Waals surface area contributed by atoms with Gasteiger partial charge in [-0.25, -0.2) is 4.39 Å². The first kappa shape index (κ1) is 14.0. The molecule has 0 fully saturated rings. The van der Waals surface area contributed by atoms with E-state index in [1.165, 1.54) is 6.07 Å². The number of nitrogens with two attached hydrogens (primary N) is 1. The largest absolute Gasteiger partial charge is 0.342 e. The minimum Gasteiger partial charge on any atom is -0.342 e. The highest BCUT2D eigenvalue weighted by Gasteiger charge is 2.16. The molecule has 0 aliphatic carbocycles. The number of rotatable bonds is 3. The fourth-order valence-corrected chi connectivity index (χ4v) is 2.14. The quantitative estimate of drug-likeness (QED) is 0.928. The summed E-state index contributed by atoms with van der Waals surface area (Å²) in [5.74, 6) is -0.313. The van der Waals surface area contributed by atoms with Crippen LogP contribution in [0.3, 0.4) is 0 Å². The topological polar surface area (TPSA) is 53.0 Å². The van der Waals surface area contributed by atoms with E-state index in [-0.39, 0.29) is 11.9 Å². The molecule has 2 rings (SSSR count). The first-order chi connectivity index (χ1) is 9.54. The summed E-state index contributed by atoms with van der Waals surface area (Å²) in [4.78, 5) is 1.75. The van der Waals surface area contributed by atoms with E-state index in [0.717, 1.165) is 11.3 Å². The van der Waals surface area contributed by atoms with Crippen LogP contribution in [0, 0.1) is 17.1 Å². The van der Waals surface area contributed by atoms with E-state index < -0.39 is 0 Å². The van der Waals surface area contributed by atoms with Gasteiger partial charge in [-0.1, -0.05) is 12.1 Å². The molecule has 2 aromatic carbocycles. The fraction of sp³-hybridized carbons (Fsp3) is 0.188. The monoisotopic (exact) mass is 269 g/mol. The van der Waals surface area contributed by atoms with Gasteiger partial charge in [0.15, 0.2) is 0 Å². The van der Waals surface area contributed by atoms with Crippen LogP contribution in [0.2, 0.25) is 0 Å². The van der Waals surface area contributed by atoms with E-state index in [0.29, 0.717) is 11.3 Å². The lowest BCUT2D eigenvalue weighted by atomic mass is 10.0. The average Bonchev–Trinajstić information content (AvgIpc) is 2.46. The van der Waals surface area contributed by atoms with Gasteiger partial charge in [-0.15, -0.1) is 0 Å². The molecule has 4 heteroatoms. The van der Waals surface area contributed by atoms with Crippen LogP contribution >= 0.6 is 0 Å². The highest BCUT2D eigenvalue weighted by molar-refractivity contribution is 5.67. The summed E-state index contributed by atoms with van der Waals surface area (Å²) in [6.45, 7) is 1.82. The van der Waals surface area contributed by atoms with Gasteiger partial charge < -0.3 is 10.6 Å². The SMILES string of the molecule is CC(N)c1cccc(F)c1N(C)c1ccc(C#N)cc1. The molecule has 0 radical (unpaired) electrons. The first-order valence-corrected chi connectivity index (χ1v) is 6.32. The summed E-state index contributed by atoms with van der Waals surface area (Å²) < 4.78 is 14.1. The fourth-order valence-electron chi connectivity index (χ4n) is 2.14. The second-order valence-corrected chi connectivity index (χ2v) is 4.68. The maximum Gasteiger partial charge on any atom is 0.147 e. The van der Waals surface area contributed by atoms with E-state index in [4.69, 9.17) is 11.0 Å². The third-order valence-electron chi connectivity index (χ3n) is 3.23. The zero-order chi connectivity index (χ0) is 14.7. The van der Waals surface area contributed by atoms with Crippen molar-refractivity contribution in [1.29, 1.82) is 5.26 Å². The van der Waals surface area contributed by atoms with Crippen molar-refractivity contribution in [1.82, 2.24) is 0 Å². The third kappa shape index (κ3) is 2.63. The Morgan fingerprint density at radius 1 is 1.20 bits per heavy atom. The van der Waals surface area contributed by atoms with E-state index in [1.54, 1.807) is 42.3 Å². The highest BCUT2D eigenvalue weighted by atomic mass is 19.1. The van der Waals surface area contributed by atoms with E-state index in [2.05, 4.69) is 6.07 Å². The molecule has 1 atom stereocenters. The normalized spacial score (nSPS) is 11.8. The van der Waals surface area contributed by atoms with E-state index in [1.807, 2.05) is 13.0 Å².